The number of nitrogens with zero attached hydrogens (tertiary/aromatic N) is 3. The summed E-state index contributed by atoms with van der Waals surface area (Å²) in [6, 6.07) is 7.30. The maximum absolute atomic E-state index is 12.1. The Kier molecular flexibility index (Phi) is 6.44. The Morgan fingerprint density at radius 1 is 1.24 bits per heavy atom. The summed E-state index contributed by atoms with van der Waals surface area (Å²) in [6.07, 6.45) is 2.65. The predicted octanol–water partition coefficient (Wildman–Crippen LogP) is 0.507. The Morgan fingerprint density at radius 2 is 1.84 bits per heavy atom. The minimum atomic E-state index is -3.56. The van der Waals surface area contributed by atoms with Gasteiger partial charge in [0.2, 0.25) is 15.9 Å². The van der Waals surface area contributed by atoms with Crippen LogP contribution in [-0.2, 0) is 14.8 Å². The molecular formula is C17H26N4O3S. The van der Waals surface area contributed by atoms with Crippen LogP contribution in [0.3, 0.4) is 0 Å². The first-order valence-electron chi connectivity index (χ1n) is 8.20. The van der Waals surface area contributed by atoms with Crippen molar-refractivity contribution in [2.75, 3.05) is 61.8 Å². The third-order valence-corrected chi connectivity index (χ3v) is 5.28. The van der Waals surface area contributed by atoms with Crippen LogP contribution in [0.25, 0.3) is 0 Å². The Hall–Kier alpha value is -2.06. The zero-order valence-corrected chi connectivity index (χ0v) is 15.6. The fourth-order valence-corrected chi connectivity index (χ4v) is 3.52. The summed E-state index contributed by atoms with van der Waals surface area (Å²) in [7, 11) is -1.46. The Labute approximate surface area is 150 Å². The summed E-state index contributed by atoms with van der Waals surface area (Å²) >= 11 is 0. The quantitative estimate of drug-likeness (QED) is 0.712. The lowest BCUT2D eigenvalue weighted by Crippen LogP contribution is -2.44. The molecule has 1 aliphatic heterocycles. The molecule has 1 aliphatic rings. The van der Waals surface area contributed by atoms with Crippen molar-refractivity contribution in [2.24, 2.45) is 0 Å². The number of benzene rings is 1. The van der Waals surface area contributed by atoms with Crippen molar-refractivity contribution >= 4 is 27.3 Å². The van der Waals surface area contributed by atoms with E-state index in [0.717, 1.165) is 42.4 Å². The van der Waals surface area contributed by atoms with Crippen LogP contribution in [0.15, 0.2) is 36.9 Å². The highest BCUT2D eigenvalue weighted by atomic mass is 32.2. The van der Waals surface area contributed by atoms with E-state index in [0.29, 0.717) is 12.2 Å². The molecule has 1 heterocycles. The number of carbonyl (C=O) groups is 1. The third kappa shape index (κ3) is 5.47. The van der Waals surface area contributed by atoms with E-state index in [1.165, 1.54) is 0 Å². The van der Waals surface area contributed by atoms with Gasteiger partial charge in [0.1, 0.15) is 6.54 Å². The van der Waals surface area contributed by atoms with Crippen LogP contribution in [-0.4, -0.2) is 71.8 Å². The normalized spacial score (nSPS) is 15.7. The summed E-state index contributed by atoms with van der Waals surface area (Å²) in [6.45, 7) is 7.46. The number of anilines is 2. The molecule has 0 atom stereocenters. The maximum Gasteiger partial charge on any atom is 0.241 e. The monoisotopic (exact) mass is 366 g/mol. The molecule has 2 rings (SSSR count). The first-order chi connectivity index (χ1) is 11.8. The highest BCUT2D eigenvalue weighted by molar-refractivity contribution is 7.92. The van der Waals surface area contributed by atoms with E-state index >= 15 is 0 Å². The molecule has 138 valence electrons. The molecule has 0 saturated carbocycles. The van der Waals surface area contributed by atoms with E-state index in [2.05, 4.69) is 28.7 Å². The number of hydrogen-bond donors (Lipinski definition) is 1. The molecule has 0 radical (unpaired) electrons. The van der Waals surface area contributed by atoms with Crippen LogP contribution in [0.5, 0.6) is 0 Å². The maximum atomic E-state index is 12.1. The van der Waals surface area contributed by atoms with E-state index in [9.17, 15) is 13.2 Å². The SMILES string of the molecule is C=CCNC(=O)CN(c1ccc(N2CCN(C)CC2)cc1)S(C)(=O)=O. The average molecular weight is 366 g/mol. The van der Waals surface area contributed by atoms with Crippen LogP contribution >= 0.6 is 0 Å². The number of piperazine rings is 1. The summed E-state index contributed by atoms with van der Waals surface area (Å²) in [4.78, 5) is 16.4. The summed E-state index contributed by atoms with van der Waals surface area (Å²) in [5.41, 5.74) is 1.54. The largest absolute Gasteiger partial charge is 0.369 e. The predicted molar refractivity (Wildman–Crippen MR) is 102 cm³/mol. The van der Waals surface area contributed by atoms with Gasteiger partial charge in [-0.2, -0.15) is 0 Å². The molecule has 0 unspecified atom stereocenters. The van der Waals surface area contributed by atoms with Gasteiger partial charge in [-0.15, -0.1) is 6.58 Å². The van der Waals surface area contributed by atoms with E-state index in [-0.39, 0.29) is 12.5 Å². The van der Waals surface area contributed by atoms with Crippen LogP contribution in [0.4, 0.5) is 11.4 Å². The van der Waals surface area contributed by atoms with Gasteiger partial charge in [-0.25, -0.2) is 8.42 Å². The number of rotatable bonds is 7. The van der Waals surface area contributed by atoms with Gasteiger partial charge in [-0.1, -0.05) is 6.08 Å². The van der Waals surface area contributed by atoms with Gasteiger partial charge < -0.3 is 15.1 Å². The molecule has 0 spiro atoms. The number of sulfonamides is 1. The van der Waals surface area contributed by atoms with Gasteiger partial charge in [0.25, 0.3) is 0 Å². The minimum absolute atomic E-state index is 0.249. The number of carbonyl (C=O) groups excluding carboxylic acids is 1. The Morgan fingerprint density at radius 3 is 2.36 bits per heavy atom. The third-order valence-electron chi connectivity index (χ3n) is 4.14. The molecule has 0 aliphatic carbocycles. The van der Waals surface area contributed by atoms with Crippen LogP contribution in [0.1, 0.15) is 0 Å². The highest BCUT2D eigenvalue weighted by Crippen LogP contribution is 2.23. The van der Waals surface area contributed by atoms with Gasteiger partial charge >= 0.3 is 0 Å². The van der Waals surface area contributed by atoms with Gasteiger partial charge in [-0.3, -0.25) is 9.10 Å². The first-order valence-corrected chi connectivity index (χ1v) is 10.0. The van der Waals surface area contributed by atoms with E-state index < -0.39 is 10.0 Å². The van der Waals surface area contributed by atoms with Gasteiger partial charge in [0.05, 0.1) is 11.9 Å². The molecule has 7 nitrogen and oxygen atoms in total. The zero-order chi connectivity index (χ0) is 18.4. The van der Waals surface area contributed by atoms with Crippen molar-refractivity contribution in [3.63, 3.8) is 0 Å². The number of amides is 1. The molecule has 1 saturated heterocycles. The number of nitrogens with one attached hydrogen (secondary N) is 1. The van der Waals surface area contributed by atoms with Crippen LogP contribution in [0.2, 0.25) is 0 Å². The first kappa shape index (κ1) is 19.3. The van der Waals surface area contributed by atoms with Gasteiger partial charge in [-0.05, 0) is 31.3 Å². The molecule has 8 heteroatoms. The average Bonchev–Trinajstić information content (AvgIpc) is 2.58. The number of hydrogen-bond acceptors (Lipinski definition) is 5. The fourth-order valence-electron chi connectivity index (χ4n) is 2.67. The second-order valence-electron chi connectivity index (χ2n) is 6.17. The lowest BCUT2D eigenvalue weighted by Gasteiger charge is -2.34. The van der Waals surface area contributed by atoms with Gasteiger partial charge in [0, 0.05) is 38.4 Å². The zero-order valence-electron chi connectivity index (χ0n) is 14.8. The lowest BCUT2D eigenvalue weighted by molar-refractivity contribution is -0.119. The second-order valence-corrected chi connectivity index (χ2v) is 8.08. The fraction of sp³-hybridized carbons (Fsp3) is 0.471. The molecular weight excluding hydrogens is 340 g/mol. The van der Waals surface area contributed by atoms with Crippen LogP contribution < -0.4 is 14.5 Å². The van der Waals surface area contributed by atoms with Crippen molar-refractivity contribution in [2.45, 2.75) is 0 Å². The molecule has 1 aromatic rings. The van der Waals surface area contributed by atoms with E-state index in [1.807, 2.05) is 12.1 Å². The number of likely N-dealkylation sites (N-methyl/N-ethyl adjacent to an activating group) is 1. The Balaban J connectivity index is 2.12. The smallest absolute Gasteiger partial charge is 0.241 e. The van der Waals surface area contributed by atoms with E-state index in [4.69, 9.17) is 0 Å². The van der Waals surface area contributed by atoms with Crippen molar-refractivity contribution in [1.29, 1.82) is 0 Å². The molecule has 0 aromatic heterocycles. The molecule has 1 amide bonds. The summed E-state index contributed by atoms with van der Waals surface area (Å²) < 4.78 is 25.3. The molecule has 0 bridgehead atoms. The van der Waals surface area contributed by atoms with Crippen molar-refractivity contribution in [1.82, 2.24) is 10.2 Å². The lowest BCUT2D eigenvalue weighted by atomic mass is 10.2. The standard InChI is InChI=1S/C17H26N4O3S/c1-4-9-18-17(22)14-21(25(3,23)24)16-7-5-15(6-8-16)20-12-10-19(2)11-13-20/h4-8H,1,9-14H2,2-3H3,(H,18,22). The molecule has 1 aromatic carbocycles. The Bertz CT molecular complexity index is 695. The van der Waals surface area contributed by atoms with Gasteiger partial charge in [0.15, 0.2) is 0 Å². The van der Waals surface area contributed by atoms with E-state index in [1.54, 1.807) is 18.2 Å². The van der Waals surface area contributed by atoms with Crippen molar-refractivity contribution in [3.8, 4) is 0 Å². The minimum Gasteiger partial charge on any atom is -0.369 e. The summed E-state index contributed by atoms with van der Waals surface area (Å²) in [5.74, 6) is -0.367. The van der Waals surface area contributed by atoms with Crippen molar-refractivity contribution in [3.05, 3.63) is 36.9 Å². The van der Waals surface area contributed by atoms with Crippen LogP contribution in [0, 0.1) is 0 Å². The molecule has 1 fully saturated rings. The molecule has 25 heavy (non-hydrogen) atoms. The second kappa shape index (κ2) is 8.35. The molecule has 1 N–H and O–H groups in total. The summed E-state index contributed by atoms with van der Waals surface area (Å²) in [5, 5.41) is 2.60. The van der Waals surface area contributed by atoms with Crippen molar-refractivity contribution < 1.29 is 13.2 Å². The highest BCUT2D eigenvalue weighted by Gasteiger charge is 2.21. The topological polar surface area (TPSA) is 73.0 Å².